The third kappa shape index (κ3) is 3.45. The number of ketones is 1. The highest BCUT2D eigenvalue weighted by Gasteiger charge is 2.17. The zero-order chi connectivity index (χ0) is 14.5. The van der Waals surface area contributed by atoms with Gasteiger partial charge in [0, 0.05) is 11.6 Å². The molecule has 2 unspecified atom stereocenters. The number of carbonyl (C=O) groups excluding carboxylic acids is 1. The second-order valence-electron chi connectivity index (χ2n) is 4.93. The van der Waals surface area contributed by atoms with E-state index in [1.807, 2.05) is 44.2 Å². The first kappa shape index (κ1) is 14.3. The van der Waals surface area contributed by atoms with E-state index < -0.39 is 0 Å². The fourth-order valence-corrected chi connectivity index (χ4v) is 2.16. The Balaban J connectivity index is 2.02. The van der Waals surface area contributed by atoms with Crippen molar-refractivity contribution in [1.29, 1.82) is 0 Å². The van der Waals surface area contributed by atoms with Crippen molar-refractivity contribution in [1.82, 2.24) is 5.32 Å². The topological polar surface area (TPSA) is 49.3 Å². The number of Topliss-reactive ketones (excluding diaryl/α,β-unsaturated/α-hetero) is 1. The third-order valence-corrected chi connectivity index (χ3v) is 3.34. The van der Waals surface area contributed by atoms with Gasteiger partial charge in [0.2, 0.25) is 0 Å². The number of hydrogen-bond donors (Lipinski definition) is 2. The molecule has 2 N–H and O–H groups in total. The molecule has 0 heterocycles. The van der Waals surface area contributed by atoms with Crippen LogP contribution in [-0.2, 0) is 0 Å². The Morgan fingerprint density at radius 1 is 1.00 bits per heavy atom. The van der Waals surface area contributed by atoms with Crippen molar-refractivity contribution in [3.05, 3.63) is 65.7 Å². The number of nitrogens with one attached hydrogen (secondary N) is 1. The summed E-state index contributed by atoms with van der Waals surface area (Å²) in [4.78, 5) is 12.3. The summed E-state index contributed by atoms with van der Waals surface area (Å²) in [5, 5.41) is 12.5. The second-order valence-corrected chi connectivity index (χ2v) is 4.93. The van der Waals surface area contributed by atoms with Crippen molar-refractivity contribution in [3.8, 4) is 5.75 Å². The predicted octanol–water partition coefficient (Wildman–Crippen LogP) is 3.31. The first-order chi connectivity index (χ1) is 9.58. The van der Waals surface area contributed by atoms with Crippen LogP contribution in [0.1, 0.15) is 35.8 Å². The lowest BCUT2D eigenvalue weighted by Gasteiger charge is -2.19. The monoisotopic (exact) mass is 269 g/mol. The summed E-state index contributed by atoms with van der Waals surface area (Å²) in [6.07, 6.45) is 0. The molecule has 0 aromatic heterocycles. The number of hydrogen-bond acceptors (Lipinski definition) is 3. The molecule has 2 rings (SSSR count). The molecule has 0 bridgehead atoms. The maximum Gasteiger partial charge on any atom is 0.179 e. The van der Waals surface area contributed by atoms with Crippen molar-refractivity contribution in [3.63, 3.8) is 0 Å². The number of benzene rings is 2. The lowest BCUT2D eigenvalue weighted by atomic mass is 10.0. The van der Waals surface area contributed by atoms with E-state index in [1.54, 1.807) is 12.1 Å². The summed E-state index contributed by atoms with van der Waals surface area (Å²) in [6, 6.07) is 16.2. The summed E-state index contributed by atoms with van der Waals surface area (Å²) < 4.78 is 0. The minimum Gasteiger partial charge on any atom is -0.508 e. The van der Waals surface area contributed by atoms with Crippen LogP contribution in [0.2, 0.25) is 0 Å². The van der Waals surface area contributed by atoms with Crippen LogP contribution in [0.4, 0.5) is 0 Å². The quantitative estimate of drug-likeness (QED) is 0.819. The minimum absolute atomic E-state index is 0.0211. The van der Waals surface area contributed by atoms with Crippen LogP contribution in [0.3, 0.4) is 0 Å². The minimum atomic E-state index is -0.283. The molecule has 0 saturated heterocycles. The van der Waals surface area contributed by atoms with E-state index in [2.05, 4.69) is 5.32 Å². The van der Waals surface area contributed by atoms with Crippen molar-refractivity contribution in [2.24, 2.45) is 0 Å². The van der Waals surface area contributed by atoms with Crippen LogP contribution < -0.4 is 5.32 Å². The highest BCUT2D eigenvalue weighted by molar-refractivity contribution is 5.99. The maximum atomic E-state index is 12.3. The number of rotatable bonds is 5. The smallest absolute Gasteiger partial charge is 0.179 e. The molecule has 0 amide bonds. The van der Waals surface area contributed by atoms with Crippen LogP contribution >= 0.6 is 0 Å². The van der Waals surface area contributed by atoms with Crippen LogP contribution in [0.15, 0.2) is 54.6 Å². The van der Waals surface area contributed by atoms with Gasteiger partial charge in [0.1, 0.15) is 5.75 Å². The highest BCUT2D eigenvalue weighted by Crippen LogP contribution is 2.15. The first-order valence-corrected chi connectivity index (χ1v) is 6.72. The van der Waals surface area contributed by atoms with Gasteiger partial charge in [-0.1, -0.05) is 30.3 Å². The van der Waals surface area contributed by atoms with Gasteiger partial charge in [0.25, 0.3) is 0 Å². The Bertz CT molecular complexity index is 563. The largest absolute Gasteiger partial charge is 0.508 e. The molecule has 0 aliphatic carbocycles. The summed E-state index contributed by atoms with van der Waals surface area (Å²) in [7, 11) is 0. The van der Waals surface area contributed by atoms with Crippen LogP contribution in [0, 0.1) is 0 Å². The lowest BCUT2D eigenvalue weighted by molar-refractivity contribution is 0.0945. The number of phenols is 1. The summed E-state index contributed by atoms with van der Waals surface area (Å²) in [5.74, 6) is 0.188. The third-order valence-electron chi connectivity index (χ3n) is 3.34. The van der Waals surface area contributed by atoms with Gasteiger partial charge in [-0.05, 0) is 43.7 Å². The van der Waals surface area contributed by atoms with Crippen LogP contribution in [0.5, 0.6) is 5.75 Å². The summed E-state index contributed by atoms with van der Waals surface area (Å²) in [6.45, 7) is 3.89. The molecule has 0 aliphatic rings. The lowest BCUT2D eigenvalue weighted by Crippen LogP contribution is -2.35. The average molecular weight is 269 g/mol. The SMILES string of the molecule is CC(NC(C)c1ccccc1)C(=O)c1ccc(O)cc1. The van der Waals surface area contributed by atoms with Crippen molar-refractivity contribution in [2.75, 3.05) is 0 Å². The fourth-order valence-electron chi connectivity index (χ4n) is 2.16. The zero-order valence-corrected chi connectivity index (χ0v) is 11.7. The number of aromatic hydroxyl groups is 1. The molecule has 0 spiro atoms. The van der Waals surface area contributed by atoms with Gasteiger partial charge >= 0.3 is 0 Å². The molecule has 2 aromatic carbocycles. The van der Waals surface area contributed by atoms with Gasteiger partial charge in [0.05, 0.1) is 6.04 Å². The molecule has 0 fully saturated rings. The molecule has 0 radical (unpaired) electrons. The van der Waals surface area contributed by atoms with E-state index in [0.717, 1.165) is 5.56 Å². The Kier molecular flexibility index (Phi) is 4.53. The van der Waals surface area contributed by atoms with Gasteiger partial charge in [-0.15, -0.1) is 0 Å². The van der Waals surface area contributed by atoms with Gasteiger partial charge < -0.3 is 10.4 Å². The van der Waals surface area contributed by atoms with E-state index >= 15 is 0 Å². The summed E-state index contributed by atoms with van der Waals surface area (Å²) >= 11 is 0. The zero-order valence-electron chi connectivity index (χ0n) is 11.7. The predicted molar refractivity (Wildman–Crippen MR) is 79.9 cm³/mol. The van der Waals surface area contributed by atoms with Crippen LogP contribution in [0.25, 0.3) is 0 Å². The standard InChI is InChI=1S/C17H19NO2/c1-12(14-6-4-3-5-7-14)18-13(2)17(20)15-8-10-16(19)11-9-15/h3-13,18-19H,1-2H3. The maximum absolute atomic E-state index is 12.3. The van der Waals surface area contributed by atoms with Gasteiger partial charge in [-0.3, -0.25) is 4.79 Å². The Morgan fingerprint density at radius 2 is 1.60 bits per heavy atom. The average Bonchev–Trinajstić information content (AvgIpc) is 2.48. The molecular weight excluding hydrogens is 250 g/mol. The molecule has 2 aromatic rings. The molecular formula is C17H19NO2. The van der Waals surface area contributed by atoms with Gasteiger partial charge in [-0.25, -0.2) is 0 Å². The van der Waals surface area contributed by atoms with Crippen molar-refractivity contribution in [2.45, 2.75) is 25.9 Å². The molecule has 20 heavy (non-hydrogen) atoms. The molecule has 104 valence electrons. The molecule has 0 aliphatic heterocycles. The normalized spacial score (nSPS) is 13.7. The highest BCUT2D eigenvalue weighted by atomic mass is 16.3. The fraction of sp³-hybridized carbons (Fsp3) is 0.235. The van der Waals surface area contributed by atoms with E-state index in [4.69, 9.17) is 0 Å². The Morgan fingerprint density at radius 3 is 2.20 bits per heavy atom. The first-order valence-electron chi connectivity index (χ1n) is 6.72. The van der Waals surface area contributed by atoms with Gasteiger partial charge in [0.15, 0.2) is 5.78 Å². The van der Waals surface area contributed by atoms with Crippen LogP contribution in [-0.4, -0.2) is 16.9 Å². The van der Waals surface area contributed by atoms with E-state index in [9.17, 15) is 9.90 Å². The second kappa shape index (κ2) is 6.35. The van der Waals surface area contributed by atoms with Gasteiger partial charge in [-0.2, -0.15) is 0 Å². The molecule has 0 saturated carbocycles. The molecule has 2 atom stereocenters. The Hall–Kier alpha value is -2.13. The van der Waals surface area contributed by atoms with E-state index in [-0.39, 0.29) is 23.6 Å². The van der Waals surface area contributed by atoms with Crippen molar-refractivity contribution >= 4 is 5.78 Å². The molecule has 3 nitrogen and oxygen atoms in total. The number of carbonyl (C=O) groups is 1. The molecule has 3 heteroatoms. The summed E-state index contributed by atoms with van der Waals surface area (Å²) in [5.41, 5.74) is 1.75. The van der Waals surface area contributed by atoms with E-state index in [1.165, 1.54) is 12.1 Å². The van der Waals surface area contributed by atoms with E-state index in [0.29, 0.717) is 5.56 Å². The number of phenolic OH excluding ortho intramolecular Hbond substituents is 1. The van der Waals surface area contributed by atoms with Crippen molar-refractivity contribution < 1.29 is 9.90 Å². The Labute approximate surface area is 119 Å².